The van der Waals surface area contributed by atoms with E-state index >= 15 is 0 Å². The number of esters is 2. The van der Waals surface area contributed by atoms with Crippen LogP contribution in [0.2, 0.25) is 0 Å². The van der Waals surface area contributed by atoms with Crippen molar-refractivity contribution in [3.8, 4) is 11.5 Å². The lowest BCUT2D eigenvalue weighted by molar-refractivity contribution is 0.0692. The molecule has 124 valence electrons. The topological polar surface area (TPSA) is 52.6 Å². The number of benzene rings is 3. The average molecular weight is 332 g/mol. The Kier molecular flexibility index (Phi) is 4.90. The van der Waals surface area contributed by atoms with Crippen molar-refractivity contribution in [1.29, 1.82) is 0 Å². The molecule has 0 aliphatic rings. The first kappa shape index (κ1) is 16.5. The highest BCUT2D eigenvalue weighted by molar-refractivity contribution is 6.04. The molecule has 0 heterocycles. The number of para-hydroxylation sites is 1. The van der Waals surface area contributed by atoms with E-state index in [1.54, 1.807) is 48.5 Å². The molecule has 0 amide bonds. The first-order valence-corrected chi connectivity index (χ1v) is 7.78. The third kappa shape index (κ3) is 4.12. The van der Waals surface area contributed by atoms with Gasteiger partial charge in [0, 0.05) is 0 Å². The van der Waals surface area contributed by atoms with Gasteiger partial charge >= 0.3 is 11.9 Å². The van der Waals surface area contributed by atoms with Crippen LogP contribution in [0.5, 0.6) is 11.5 Å². The van der Waals surface area contributed by atoms with E-state index in [-0.39, 0.29) is 11.1 Å². The summed E-state index contributed by atoms with van der Waals surface area (Å²) in [5, 5.41) is 0. The molecule has 0 atom stereocenters. The number of rotatable bonds is 4. The van der Waals surface area contributed by atoms with E-state index in [1.165, 1.54) is 12.1 Å². The molecule has 0 unspecified atom stereocenters. The molecular weight excluding hydrogens is 316 g/mol. The minimum absolute atomic E-state index is 0.156. The molecule has 3 aromatic carbocycles. The van der Waals surface area contributed by atoms with Crippen molar-refractivity contribution >= 4 is 11.9 Å². The third-order valence-corrected chi connectivity index (χ3v) is 3.55. The van der Waals surface area contributed by atoms with Crippen LogP contribution in [0.15, 0.2) is 78.9 Å². The van der Waals surface area contributed by atoms with E-state index in [9.17, 15) is 9.59 Å². The molecule has 0 aliphatic heterocycles. The summed E-state index contributed by atoms with van der Waals surface area (Å²) < 4.78 is 10.7. The lowest BCUT2D eigenvalue weighted by atomic mass is 10.1. The predicted molar refractivity (Wildman–Crippen MR) is 94.0 cm³/mol. The fourth-order valence-electron chi connectivity index (χ4n) is 2.26. The van der Waals surface area contributed by atoms with E-state index in [2.05, 4.69) is 0 Å². The maximum atomic E-state index is 12.4. The molecule has 3 rings (SSSR count). The fraction of sp³-hybridized carbons (Fsp3) is 0.0476. The van der Waals surface area contributed by atoms with Crippen LogP contribution in [-0.4, -0.2) is 11.9 Å². The average Bonchev–Trinajstić information content (AvgIpc) is 2.64. The summed E-state index contributed by atoms with van der Waals surface area (Å²) in [6.07, 6.45) is 0. The summed E-state index contributed by atoms with van der Waals surface area (Å²) in [6.45, 7) is 1.94. The largest absolute Gasteiger partial charge is 0.423 e. The van der Waals surface area contributed by atoms with E-state index < -0.39 is 11.9 Å². The molecule has 0 radical (unpaired) electrons. The van der Waals surface area contributed by atoms with Crippen LogP contribution in [0.25, 0.3) is 0 Å². The van der Waals surface area contributed by atoms with Crippen LogP contribution in [0.3, 0.4) is 0 Å². The quantitative estimate of drug-likeness (QED) is 0.524. The van der Waals surface area contributed by atoms with Gasteiger partial charge in [-0.3, -0.25) is 0 Å². The maximum absolute atomic E-state index is 12.4. The molecular formula is C21H16O4. The Morgan fingerprint density at radius 1 is 0.600 bits per heavy atom. The van der Waals surface area contributed by atoms with Gasteiger partial charge in [-0.25, -0.2) is 9.59 Å². The molecule has 0 N–H and O–H groups in total. The summed E-state index contributed by atoms with van der Waals surface area (Å²) >= 11 is 0. The van der Waals surface area contributed by atoms with Gasteiger partial charge in [0.1, 0.15) is 11.5 Å². The van der Waals surface area contributed by atoms with Gasteiger partial charge in [-0.15, -0.1) is 0 Å². The molecule has 4 heteroatoms. The van der Waals surface area contributed by atoms with Crippen molar-refractivity contribution in [2.45, 2.75) is 6.92 Å². The van der Waals surface area contributed by atoms with Crippen LogP contribution in [0.1, 0.15) is 26.3 Å². The van der Waals surface area contributed by atoms with Crippen molar-refractivity contribution in [3.05, 3.63) is 95.6 Å². The summed E-state index contributed by atoms with van der Waals surface area (Å²) in [5.41, 5.74) is 1.37. The fourth-order valence-corrected chi connectivity index (χ4v) is 2.26. The van der Waals surface area contributed by atoms with Crippen LogP contribution < -0.4 is 9.47 Å². The van der Waals surface area contributed by atoms with Crippen molar-refractivity contribution in [3.63, 3.8) is 0 Å². The van der Waals surface area contributed by atoms with E-state index in [0.29, 0.717) is 11.5 Å². The van der Waals surface area contributed by atoms with Gasteiger partial charge in [0.2, 0.25) is 0 Å². The first-order valence-electron chi connectivity index (χ1n) is 7.78. The Bertz CT molecular complexity index is 883. The number of aryl methyl sites for hydroxylation is 1. The van der Waals surface area contributed by atoms with Gasteiger partial charge in [-0.2, -0.15) is 0 Å². The number of ether oxygens (including phenoxy) is 2. The summed E-state index contributed by atoms with van der Waals surface area (Å²) in [7, 11) is 0. The molecule has 25 heavy (non-hydrogen) atoms. The van der Waals surface area contributed by atoms with Gasteiger partial charge in [0.25, 0.3) is 0 Å². The maximum Gasteiger partial charge on any atom is 0.344 e. The van der Waals surface area contributed by atoms with Crippen molar-refractivity contribution in [1.82, 2.24) is 0 Å². The lowest BCUT2D eigenvalue weighted by Gasteiger charge is -2.09. The molecule has 0 saturated carbocycles. The van der Waals surface area contributed by atoms with E-state index in [0.717, 1.165) is 5.56 Å². The Morgan fingerprint density at radius 3 is 1.56 bits per heavy atom. The highest BCUT2D eigenvalue weighted by Crippen LogP contribution is 2.18. The second kappa shape index (κ2) is 7.45. The Balaban J connectivity index is 1.81. The highest BCUT2D eigenvalue weighted by Gasteiger charge is 2.20. The Labute approximate surface area is 145 Å². The zero-order valence-corrected chi connectivity index (χ0v) is 13.6. The SMILES string of the molecule is Cc1ccc(OC(=O)c2ccccc2C(=O)Oc2ccccc2)cc1. The van der Waals surface area contributed by atoms with Crippen LogP contribution in [-0.2, 0) is 0 Å². The van der Waals surface area contributed by atoms with Crippen LogP contribution in [0.4, 0.5) is 0 Å². The summed E-state index contributed by atoms with van der Waals surface area (Å²) in [6, 6.07) is 22.2. The molecule has 0 aliphatic carbocycles. The number of carbonyl (C=O) groups excluding carboxylic acids is 2. The van der Waals surface area contributed by atoms with Gasteiger partial charge < -0.3 is 9.47 Å². The zero-order chi connectivity index (χ0) is 17.6. The van der Waals surface area contributed by atoms with E-state index in [1.807, 2.05) is 25.1 Å². The number of carbonyl (C=O) groups is 2. The Hall–Kier alpha value is -3.40. The molecule has 0 spiro atoms. The zero-order valence-electron chi connectivity index (χ0n) is 13.6. The monoisotopic (exact) mass is 332 g/mol. The number of hydrogen-bond donors (Lipinski definition) is 0. The molecule has 0 fully saturated rings. The smallest absolute Gasteiger partial charge is 0.344 e. The van der Waals surface area contributed by atoms with Crippen LogP contribution >= 0.6 is 0 Å². The second-order valence-electron chi connectivity index (χ2n) is 5.45. The van der Waals surface area contributed by atoms with Gasteiger partial charge in [0.15, 0.2) is 0 Å². The van der Waals surface area contributed by atoms with Crippen molar-refractivity contribution in [2.24, 2.45) is 0 Å². The summed E-state index contributed by atoms with van der Waals surface area (Å²) in [4.78, 5) is 24.9. The molecule has 3 aromatic rings. The Morgan fingerprint density at radius 2 is 1.04 bits per heavy atom. The minimum atomic E-state index is -0.609. The summed E-state index contributed by atoms with van der Waals surface area (Å²) in [5.74, 6) is -0.386. The van der Waals surface area contributed by atoms with Crippen molar-refractivity contribution < 1.29 is 19.1 Å². The van der Waals surface area contributed by atoms with Gasteiger partial charge in [-0.05, 0) is 43.3 Å². The molecule has 4 nitrogen and oxygen atoms in total. The van der Waals surface area contributed by atoms with Crippen molar-refractivity contribution in [2.75, 3.05) is 0 Å². The normalized spacial score (nSPS) is 10.1. The lowest BCUT2D eigenvalue weighted by Crippen LogP contribution is -2.17. The molecule has 0 bridgehead atoms. The third-order valence-electron chi connectivity index (χ3n) is 3.55. The molecule has 0 aromatic heterocycles. The second-order valence-corrected chi connectivity index (χ2v) is 5.45. The highest BCUT2D eigenvalue weighted by atomic mass is 16.5. The predicted octanol–water partition coefficient (Wildman–Crippen LogP) is 4.43. The standard InChI is InChI=1S/C21H16O4/c1-15-11-13-17(14-12-15)25-21(23)19-10-6-5-9-18(19)20(22)24-16-7-3-2-4-8-16/h2-14H,1H3. The van der Waals surface area contributed by atoms with E-state index in [4.69, 9.17) is 9.47 Å². The minimum Gasteiger partial charge on any atom is -0.423 e. The molecule has 0 saturated heterocycles. The van der Waals surface area contributed by atoms with Gasteiger partial charge in [-0.1, -0.05) is 48.0 Å². The first-order chi connectivity index (χ1) is 12.1. The van der Waals surface area contributed by atoms with Gasteiger partial charge in [0.05, 0.1) is 11.1 Å². The van der Waals surface area contributed by atoms with Crippen LogP contribution in [0, 0.1) is 6.92 Å². The number of hydrogen-bond acceptors (Lipinski definition) is 4.